The van der Waals surface area contributed by atoms with Crippen LogP contribution in [0, 0.1) is 5.41 Å². The van der Waals surface area contributed by atoms with E-state index in [1.54, 1.807) is 20.8 Å². The third-order valence-corrected chi connectivity index (χ3v) is 1.29. The van der Waals surface area contributed by atoms with Gasteiger partial charge >= 0.3 is 5.97 Å². The van der Waals surface area contributed by atoms with Crippen LogP contribution in [0.25, 0.3) is 0 Å². The zero-order valence-electron chi connectivity index (χ0n) is 6.52. The summed E-state index contributed by atoms with van der Waals surface area (Å²) in [5.74, 6) is -1.08. The molecule has 0 heterocycles. The number of hydrogen-bond acceptors (Lipinski definition) is 1. The van der Waals surface area contributed by atoms with E-state index in [0.717, 1.165) is 0 Å². The molecule has 60 valence electrons. The van der Waals surface area contributed by atoms with E-state index in [9.17, 15) is 9.18 Å². The molecular formula is C7H13FO2. The molecule has 0 aromatic heterocycles. The highest BCUT2D eigenvalue weighted by atomic mass is 19.1. The minimum atomic E-state index is -1.26. The Balaban J connectivity index is 3.85. The summed E-state index contributed by atoms with van der Waals surface area (Å²) in [6.45, 7) is 5.04. The third-order valence-electron chi connectivity index (χ3n) is 1.29. The van der Waals surface area contributed by atoms with Gasteiger partial charge in [-0.25, -0.2) is 4.39 Å². The summed E-state index contributed by atoms with van der Waals surface area (Å²) in [6.07, 6.45) is -1.66. The van der Waals surface area contributed by atoms with E-state index < -0.39 is 24.0 Å². The van der Waals surface area contributed by atoms with Crippen molar-refractivity contribution in [2.75, 3.05) is 0 Å². The Bertz CT molecular complexity index is 126. The van der Waals surface area contributed by atoms with E-state index in [4.69, 9.17) is 5.11 Å². The normalized spacial score (nSPS) is 14.8. The van der Waals surface area contributed by atoms with Crippen LogP contribution in [-0.2, 0) is 4.79 Å². The first kappa shape index (κ1) is 9.40. The molecule has 0 aromatic rings. The lowest BCUT2D eigenvalue weighted by atomic mass is 9.88. The van der Waals surface area contributed by atoms with Gasteiger partial charge in [0.25, 0.3) is 0 Å². The van der Waals surface area contributed by atoms with Crippen molar-refractivity contribution in [2.24, 2.45) is 5.41 Å². The van der Waals surface area contributed by atoms with Crippen LogP contribution in [-0.4, -0.2) is 17.2 Å². The second-order valence-electron chi connectivity index (χ2n) is 3.43. The van der Waals surface area contributed by atoms with E-state index in [-0.39, 0.29) is 0 Å². The molecule has 1 unspecified atom stereocenters. The summed E-state index contributed by atoms with van der Waals surface area (Å²) < 4.78 is 12.8. The number of alkyl halides is 1. The van der Waals surface area contributed by atoms with Gasteiger partial charge in [0.2, 0.25) is 0 Å². The number of rotatable bonds is 2. The van der Waals surface area contributed by atoms with E-state index >= 15 is 0 Å². The zero-order chi connectivity index (χ0) is 8.36. The molecule has 0 aliphatic carbocycles. The van der Waals surface area contributed by atoms with Gasteiger partial charge < -0.3 is 5.11 Å². The Labute approximate surface area is 60.1 Å². The molecule has 2 nitrogen and oxygen atoms in total. The Morgan fingerprint density at radius 3 is 2.10 bits per heavy atom. The fraction of sp³-hybridized carbons (Fsp3) is 0.857. The molecular weight excluding hydrogens is 135 g/mol. The summed E-state index contributed by atoms with van der Waals surface area (Å²) in [6, 6.07) is 0. The summed E-state index contributed by atoms with van der Waals surface area (Å²) in [5.41, 5.74) is -0.557. The number of carbonyl (C=O) groups is 1. The van der Waals surface area contributed by atoms with Crippen molar-refractivity contribution in [3.63, 3.8) is 0 Å². The fourth-order valence-corrected chi connectivity index (χ4v) is 0.459. The number of halogens is 1. The van der Waals surface area contributed by atoms with Crippen molar-refractivity contribution >= 4 is 5.97 Å². The number of carboxylic acids is 1. The van der Waals surface area contributed by atoms with Crippen LogP contribution in [0.5, 0.6) is 0 Å². The molecule has 0 spiro atoms. The maximum atomic E-state index is 12.8. The monoisotopic (exact) mass is 148 g/mol. The minimum Gasteiger partial charge on any atom is -0.481 e. The third kappa shape index (κ3) is 3.43. The second kappa shape index (κ2) is 2.99. The number of hydrogen-bond donors (Lipinski definition) is 1. The highest BCUT2D eigenvalue weighted by Gasteiger charge is 2.26. The maximum Gasteiger partial charge on any atom is 0.306 e. The molecule has 10 heavy (non-hydrogen) atoms. The van der Waals surface area contributed by atoms with Crippen LogP contribution in [0.3, 0.4) is 0 Å². The Hall–Kier alpha value is -0.600. The number of carboxylic acid groups (broad SMARTS) is 1. The lowest BCUT2D eigenvalue weighted by molar-refractivity contribution is -0.139. The van der Waals surface area contributed by atoms with Crippen LogP contribution >= 0.6 is 0 Å². The fourth-order valence-electron chi connectivity index (χ4n) is 0.459. The van der Waals surface area contributed by atoms with Gasteiger partial charge in [0.1, 0.15) is 6.17 Å². The summed E-state index contributed by atoms with van der Waals surface area (Å²) in [7, 11) is 0. The molecule has 1 atom stereocenters. The van der Waals surface area contributed by atoms with E-state index in [0.29, 0.717) is 0 Å². The molecule has 0 aromatic carbocycles. The molecule has 0 saturated carbocycles. The average molecular weight is 148 g/mol. The lowest BCUT2D eigenvalue weighted by Crippen LogP contribution is -2.24. The Morgan fingerprint density at radius 2 is 2.00 bits per heavy atom. The molecule has 1 N–H and O–H groups in total. The molecule has 0 saturated heterocycles. The molecule has 0 amide bonds. The molecule has 0 bridgehead atoms. The zero-order valence-corrected chi connectivity index (χ0v) is 6.52. The first-order valence-corrected chi connectivity index (χ1v) is 3.20. The van der Waals surface area contributed by atoms with Crippen molar-refractivity contribution in [1.82, 2.24) is 0 Å². The van der Waals surface area contributed by atoms with E-state index in [1.807, 2.05) is 0 Å². The van der Waals surface area contributed by atoms with Crippen molar-refractivity contribution in [1.29, 1.82) is 0 Å². The Kier molecular flexibility index (Phi) is 2.81. The van der Waals surface area contributed by atoms with Crippen LogP contribution in [0.15, 0.2) is 0 Å². The molecule has 0 rings (SSSR count). The van der Waals surface area contributed by atoms with Crippen LogP contribution in [0.4, 0.5) is 4.39 Å². The molecule has 0 aliphatic rings. The topological polar surface area (TPSA) is 37.3 Å². The van der Waals surface area contributed by atoms with Crippen molar-refractivity contribution in [3.05, 3.63) is 0 Å². The molecule has 3 heteroatoms. The average Bonchev–Trinajstić information content (AvgIpc) is 1.60. The highest BCUT2D eigenvalue weighted by molar-refractivity contribution is 5.67. The second-order valence-corrected chi connectivity index (χ2v) is 3.43. The first-order valence-electron chi connectivity index (χ1n) is 3.20. The van der Waals surface area contributed by atoms with Crippen molar-refractivity contribution in [3.8, 4) is 0 Å². The van der Waals surface area contributed by atoms with Gasteiger partial charge in [-0.05, 0) is 5.41 Å². The minimum absolute atomic E-state index is 0.399. The summed E-state index contributed by atoms with van der Waals surface area (Å²) >= 11 is 0. The SMILES string of the molecule is CC(C)(C)C(F)CC(=O)O. The van der Waals surface area contributed by atoms with Gasteiger partial charge in [0, 0.05) is 0 Å². The van der Waals surface area contributed by atoms with Gasteiger partial charge in [0.15, 0.2) is 0 Å². The maximum absolute atomic E-state index is 12.8. The standard InChI is InChI=1S/C7H13FO2/c1-7(2,3)5(8)4-6(9)10/h5H,4H2,1-3H3,(H,9,10). The summed E-state index contributed by atoms with van der Waals surface area (Å²) in [5, 5.41) is 8.21. The van der Waals surface area contributed by atoms with Crippen molar-refractivity contribution < 1.29 is 14.3 Å². The van der Waals surface area contributed by atoms with Crippen LogP contribution in [0.1, 0.15) is 27.2 Å². The largest absolute Gasteiger partial charge is 0.481 e. The van der Waals surface area contributed by atoms with Crippen molar-refractivity contribution in [2.45, 2.75) is 33.4 Å². The van der Waals surface area contributed by atoms with Gasteiger partial charge in [-0.15, -0.1) is 0 Å². The van der Waals surface area contributed by atoms with Gasteiger partial charge in [0.05, 0.1) is 6.42 Å². The van der Waals surface area contributed by atoms with Gasteiger partial charge in [-0.3, -0.25) is 4.79 Å². The van der Waals surface area contributed by atoms with Crippen LogP contribution in [0.2, 0.25) is 0 Å². The van der Waals surface area contributed by atoms with E-state index in [1.165, 1.54) is 0 Å². The number of aliphatic carboxylic acids is 1. The Morgan fingerprint density at radius 1 is 1.60 bits per heavy atom. The first-order chi connectivity index (χ1) is 4.34. The molecule has 0 fully saturated rings. The molecule has 0 aliphatic heterocycles. The quantitative estimate of drug-likeness (QED) is 0.648. The van der Waals surface area contributed by atoms with Gasteiger partial charge in [-0.1, -0.05) is 20.8 Å². The molecule has 0 radical (unpaired) electrons. The predicted octanol–water partition coefficient (Wildman–Crippen LogP) is 1.85. The lowest BCUT2D eigenvalue weighted by Gasteiger charge is -2.21. The van der Waals surface area contributed by atoms with E-state index in [2.05, 4.69) is 0 Å². The van der Waals surface area contributed by atoms with Gasteiger partial charge in [-0.2, -0.15) is 0 Å². The van der Waals surface area contributed by atoms with Crippen LogP contribution < -0.4 is 0 Å². The summed E-state index contributed by atoms with van der Waals surface area (Å²) in [4.78, 5) is 10.0. The smallest absolute Gasteiger partial charge is 0.306 e. The highest BCUT2D eigenvalue weighted by Crippen LogP contribution is 2.24. The predicted molar refractivity (Wildman–Crippen MR) is 36.6 cm³/mol.